The first-order chi connectivity index (χ1) is 12.4. The maximum atomic E-state index is 12.3. The summed E-state index contributed by atoms with van der Waals surface area (Å²) in [4.78, 5) is 22.4. The lowest BCUT2D eigenvalue weighted by atomic mass is 10.2. The predicted molar refractivity (Wildman–Crippen MR) is 104 cm³/mol. The number of rotatable bonds is 6. The van der Waals surface area contributed by atoms with Gasteiger partial charge in [-0.15, -0.1) is 0 Å². The first-order valence-corrected chi connectivity index (χ1v) is 8.48. The van der Waals surface area contributed by atoms with Gasteiger partial charge in [-0.1, -0.05) is 24.6 Å². The molecular weight excluding hydrogens is 378 g/mol. The van der Waals surface area contributed by atoms with Crippen LogP contribution in [0, 0.1) is 10.1 Å². The highest BCUT2D eigenvalue weighted by Crippen LogP contribution is 2.26. The van der Waals surface area contributed by atoms with Crippen LogP contribution in [0.3, 0.4) is 0 Å². The van der Waals surface area contributed by atoms with Crippen molar-refractivity contribution in [1.29, 1.82) is 0 Å². The molecule has 0 atom stereocenters. The Labute approximate surface area is 160 Å². The molecular formula is C17H16ClN3O4S. The van der Waals surface area contributed by atoms with E-state index >= 15 is 0 Å². The average Bonchev–Trinajstić information content (AvgIpc) is 2.61. The van der Waals surface area contributed by atoms with E-state index < -0.39 is 10.8 Å². The molecule has 2 rings (SSSR count). The van der Waals surface area contributed by atoms with E-state index in [9.17, 15) is 14.9 Å². The van der Waals surface area contributed by atoms with Crippen molar-refractivity contribution >= 4 is 46.2 Å². The number of ether oxygens (including phenoxy) is 1. The Kier molecular flexibility index (Phi) is 6.88. The molecule has 0 aliphatic heterocycles. The van der Waals surface area contributed by atoms with Crippen LogP contribution in [-0.4, -0.2) is 22.5 Å². The van der Waals surface area contributed by atoms with Gasteiger partial charge in [0.05, 0.1) is 22.2 Å². The maximum Gasteiger partial charge on any atom is 0.271 e. The summed E-state index contributed by atoms with van der Waals surface area (Å²) in [6.07, 6.45) is 0.862. The first kappa shape index (κ1) is 19.6. The minimum atomic E-state index is -0.552. The topological polar surface area (TPSA) is 93.5 Å². The van der Waals surface area contributed by atoms with Gasteiger partial charge in [0.15, 0.2) is 5.11 Å². The molecule has 0 bridgehead atoms. The van der Waals surface area contributed by atoms with Crippen molar-refractivity contribution in [3.63, 3.8) is 0 Å². The van der Waals surface area contributed by atoms with Crippen LogP contribution in [0.4, 0.5) is 11.4 Å². The van der Waals surface area contributed by atoms with Gasteiger partial charge in [0.1, 0.15) is 5.75 Å². The summed E-state index contributed by atoms with van der Waals surface area (Å²) in [6.45, 7) is 2.55. The first-order valence-electron chi connectivity index (χ1n) is 7.70. The number of nitro benzene ring substituents is 1. The fourth-order valence-electron chi connectivity index (χ4n) is 1.99. The number of thiocarbonyl (C=S) groups is 1. The van der Waals surface area contributed by atoms with Gasteiger partial charge >= 0.3 is 0 Å². The third-order valence-corrected chi connectivity index (χ3v) is 3.72. The third-order valence-electron chi connectivity index (χ3n) is 3.21. The molecule has 0 heterocycles. The fraction of sp³-hybridized carbons (Fsp3) is 0.176. The molecule has 2 N–H and O–H groups in total. The van der Waals surface area contributed by atoms with Gasteiger partial charge in [-0.05, 0) is 42.9 Å². The quantitative estimate of drug-likeness (QED) is 0.434. The van der Waals surface area contributed by atoms with Crippen molar-refractivity contribution in [2.45, 2.75) is 13.3 Å². The van der Waals surface area contributed by atoms with E-state index in [2.05, 4.69) is 10.6 Å². The number of hydrogen-bond donors (Lipinski definition) is 2. The van der Waals surface area contributed by atoms with Crippen LogP contribution < -0.4 is 15.4 Å². The van der Waals surface area contributed by atoms with Crippen LogP contribution in [0.25, 0.3) is 0 Å². The molecule has 0 saturated heterocycles. The van der Waals surface area contributed by atoms with Crippen LogP contribution in [0.15, 0.2) is 42.5 Å². The lowest BCUT2D eigenvalue weighted by molar-refractivity contribution is -0.384. The van der Waals surface area contributed by atoms with Crippen molar-refractivity contribution in [3.8, 4) is 5.75 Å². The Morgan fingerprint density at radius 2 is 2.08 bits per heavy atom. The Bertz CT molecular complexity index is 845. The summed E-state index contributed by atoms with van der Waals surface area (Å²) in [6, 6.07) is 10.6. The second-order valence-corrected chi connectivity index (χ2v) is 6.02. The summed E-state index contributed by atoms with van der Waals surface area (Å²) < 4.78 is 5.49. The number of nitro groups is 1. The molecule has 2 aromatic carbocycles. The largest absolute Gasteiger partial charge is 0.494 e. The van der Waals surface area contributed by atoms with E-state index in [1.807, 2.05) is 6.92 Å². The Morgan fingerprint density at radius 1 is 1.31 bits per heavy atom. The summed E-state index contributed by atoms with van der Waals surface area (Å²) >= 11 is 11.1. The highest BCUT2D eigenvalue weighted by Gasteiger charge is 2.13. The molecule has 0 spiro atoms. The zero-order valence-corrected chi connectivity index (χ0v) is 15.4. The van der Waals surface area contributed by atoms with E-state index in [-0.39, 0.29) is 15.8 Å². The van der Waals surface area contributed by atoms with Crippen LogP contribution >= 0.6 is 23.8 Å². The van der Waals surface area contributed by atoms with Crippen molar-refractivity contribution in [2.75, 3.05) is 11.9 Å². The molecule has 9 heteroatoms. The minimum absolute atomic E-state index is 0.0191. The van der Waals surface area contributed by atoms with Gasteiger partial charge in [-0.2, -0.15) is 0 Å². The van der Waals surface area contributed by atoms with Crippen molar-refractivity contribution in [2.24, 2.45) is 0 Å². The maximum absolute atomic E-state index is 12.3. The number of non-ortho nitro benzene ring substituents is 1. The number of amides is 1. The highest BCUT2D eigenvalue weighted by molar-refractivity contribution is 7.80. The molecule has 0 radical (unpaired) electrons. The minimum Gasteiger partial charge on any atom is -0.494 e. The Hall–Kier alpha value is -2.71. The normalized spacial score (nSPS) is 10.1. The number of nitrogens with zero attached hydrogens (tertiary/aromatic N) is 1. The number of nitrogens with one attached hydrogen (secondary N) is 2. The van der Waals surface area contributed by atoms with E-state index in [0.717, 1.165) is 6.42 Å². The zero-order valence-electron chi connectivity index (χ0n) is 13.8. The highest BCUT2D eigenvalue weighted by atomic mass is 35.5. The number of benzene rings is 2. The van der Waals surface area contributed by atoms with Crippen molar-refractivity contribution in [1.82, 2.24) is 5.32 Å². The molecule has 0 unspecified atom stereocenters. The number of hydrogen-bond acceptors (Lipinski definition) is 5. The van der Waals surface area contributed by atoms with E-state index in [1.54, 1.807) is 24.3 Å². The molecule has 2 aromatic rings. The molecule has 0 saturated carbocycles. The average molecular weight is 394 g/mol. The van der Waals surface area contributed by atoms with Crippen LogP contribution in [0.1, 0.15) is 23.7 Å². The SMILES string of the molecule is CCCOc1cccc(C(=O)NC(=S)Nc2ccc([N+](=O)[O-])cc2Cl)c1. The fourth-order valence-corrected chi connectivity index (χ4v) is 2.42. The predicted octanol–water partition coefficient (Wildman–Crippen LogP) is 4.16. The molecule has 0 aliphatic carbocycles. The lowest BCUT2D eigenvalue weighted by Crippen LogP contribution is -2.34. The van der Waals surface area contributed by atoms with Crippen LogP contribution in [0.2, 0.25) is 5.02 Å². The molecule has 7 nitrogen and oxygen atoms in total. The number of carbonyl (C=O) groups is 1. The number of halogens is 1. The Morgan fingerprint density at radius 3 is 2.73 bits per heavy atom. The van der Waals surface area contributed by atoms with E-state index in [1.165, 1.54) is 18.2 Å². The van der Waals surface area contributed by atoms with E-state index in [0.29, 0.717) is 23.6 Å². The lowest BCUT2D eigenvalue weighted by Gasteiger charge is -2.11. The number of carbonyl (C=O) groups excluding carboxylic acids is 1. The van der Waals surface area contributed by atoms with Crippen LogP contribution in [0.5, 0.6) is 5.75 Å². The standard InChI is InChI=1S/C17H16ClN3O4S/c1-2-8-25-13-5-3-4-11(9-13)16(22)20-17(26)19-15-7-6-12(21(23)24)10-14(15)18/h3-7,9-10H,2,8H2,1H3,(H2,19,20,22,26). The van der Waals surface area contributed by atoms with Gasteiger partial charge in [0.25, 0.3) is 11.6 Å². The third kappa shape index (κ3) is 5.40. The Balaban J connectivity index is 2.01. The molecule has 26 heavy (non-hydrogen) atoms. The van der Waals surface area contributed by atoms with Gasteiger partial charge in [0, 0.05) is 17.7 Å². The molecule has 1 amide bonds. The summed E-state index contributed by atoms with van der Waals surface area (Å²) in [5, 5.41) is 16.1. The van der Waals surface area contributed by atoms with Crippen molar-refractivity contribution < 1.29 is 14.5 Å². The molecule has 0 aliphatic rings. The van der Waals surface area contributed by atoms with Crippen LogP contribution in [-0.2, 0) is 0 Å². The molecule has 0 fully saturated rings. The monoisotopic (exact) mass is 393 g/mol. The van der Waals surface area contributed by atoms with Gasteiger partial charge in [0.2, 0.25) is 0 Å². The second-order valence-electron chi connectivity index (χ2n) is 5.21. The van der Waals surface area contributed by atoms with Gasteiger partial charge in [-0.3, -0.25) is 20.2 Å². The van der Waals surface area contributed by atoms with Gasteiger partial charge in [-0.25, -0.2) is 0 Å². The summed E-state index contributed by atoms with van der Waals surface area (Å²) in [5.74, 6) is 0.180. The second kappa shape index (κ2) is 9.12. The number of anilines is 1. The summed E-state index contributed by atoms with van der Waals surface area (Å²) in [7, 11) is 0. The molecule has 0 aromatic heterocycles. The zero-order chi connectivity index (χ0) is 19.1. The summed E-state index contributed by atoms with van der Waals surface area (Å²) in [5.41, 5.74) is 0.597. The van der Waals surface area contributed by atoms with E-state index in [4.69, 9.17) is 28.6 Å². The van der Waals surface area contributed by atoms with Crippen molar-refractivity contribution in [3.05, 3.63) is 63.2 Å². The van der Waals surface area contributed by atoms with Gasteiger partial charge < -0.3 is 10.1 Å². The smallest absolute Gasteiger partial charge is 0.271 e. The molecule has 136 valence electrons.